The summed E-state index contributed by atoms with van der Waals surface area (Å²) in [5.41, 5.74) is -1.47. The van der Waals surface area contributed by atoms with Gasteiger partial charge in [-0.1, -0.05) is 18.2 Å². The molecule has 3 rings (SSSR count). The van der Waals surface area contributed by atoms with Crippen LogP contribution in [0.4, 0.5) is 10.5 Å². The molecular weight excluding hydrogens is 474 g/mol. The molecule has 2 saturated heterocycles. The minimum atomic E-state index is -4.79. The topological polar surface area (TPSA) is 183 Å². The minimum absolute atomic E-state index is 0.00956. The average molecular weight is 497 g/mol. The molecule has 2 fully saturated rings. The summed E-state index contributed by atoms with van der Waals surface area (Å²) in [5, 5.41) is 4.80. The smallest absolute Gasteiger partial charge is 0.349 e. The molecule has 0 radical (unpaired) electrons. The fourth-order valence-electron chi connectivity index (χ4n) is 3.53. The molecule has 14 nitrogen and oxygen atoms in total. The van der Waals surface area contributed by atoms with Gasteiger partial charge >= 0.3 is 28.1 Å². The van der Waals surface area contributed by atoms with E-state index in [9.17, 15) is 32.4 Å². The van der Waals surface area contributed by atoms with Gasteiger partial charge in [0.1, 0.15) is 0 Å². The first-order valence-electron chi connectivity index (χ1n) is 10.1. The summed E-state index contributed by atoms with van der Waals surface area (Å²) in [6.07, 6.45) is -0.350. The zero-order chi connectivity index (χ0) is 25.3. The van der Waals surface area contributed by atoms with Gasteiger partial charge in [0.15, 0.2) is 0 Å². The number of ether oxygens (including phenoxy) is 1. The summed E-state index contributed by atoms with van der Waals surface area (Å²) in [7, 11) is -3.70. The molecule has 1 aromatic carbocycles. The van der Waals surface area contributed by atoms with Gasteiger partial charge in [-0.25, -0.2) is 9.10 Å². The molecule has 0 bridgehead atoms. The van der Waals surface area contributed by atoms with Crippen LogP contribution in [0.5, 0.6) is 0 Å². The van der Waals surface area contributed by atoms with E-state index in [0.717, 1.165) is 12.0 Å². The van der Waals surface area contributed by atoms with Gasteiger partial charge in [-0.05, 0) is 18.6 Å². The summed E-state index contributed by atoms with van der Waals surface area (Å²) < 4.78 is 36.5. The van der Waals surface area contributed by atoms with Crippen LogP contribution in [0.25, 0.3) is 0 Å². The highest BCUT2D eigenvalue weighted by Crippen LogP contribution is 2.27. The molecule has 1 unspecified atom stereocenters. The minimum Gasteiger partial charge on any atom is -0.349 e. The van der Waals surface area contributed by atoms with Crippen molar-refractivity contribution in [3.8, 4) is 0 Å². The van der Waals surface area contributed by atoms with Gasteiger partial charge < -0.3 is 20.3 Å². The Kier molecular flexibility index (Phi) is 6.90. The molecule has 0 spiro atoms. The summed E-state index contributed by atoms with van der Waals surface area (Å²) in [6, 6.07) is 5.33. The highest BCUT2D eigenvalue weighted by atomic mass is 32.2. The van der Waals surface area contributed by atoms with Crippen molar-refractivity contribution in [2.45, 2.75) is 19.1 Å². The number of β-lactam (4-membered cyclic amide) rings is 1. The van der Waals surface area contributed by atoms with E-state index in [0.29, 0.717) is 12.1 Å². The Balaban J connectivity index is 1.68. The fraction of sp³-hybridized carbons (Fsp3) is 0.421. The van der Waals surface area contributed by atoms with E-state index in [1.165, 1.54) is 17.0 Å². The first-order valence-corrected chi connectivity index (χ1v) is 11.5. The Bertz CT molecular complexity index is 1150. The number of likely N-dealkylation sites (N-methyl/N-ethyl adjacent to an activating group) is 1. The van der Waals surface area contributed by atoms with Gasteiger partial charge in [-0.3, -0.25) is 28.6 Å². The molecule has 2 aliphatic rings. The number of para-hydroxylation sites is 1. The van der Waals surface area contributed by atoms with Crippen LogP contribution >= 0.6 is 0 Å². The summed E-state index contributed by atoms with van der Waals surface area (Å²) in [5.74, 6) is -3.66. The molecule has 0 aromatic heterocycles. The molecule has 2 heterocycles. The number of nitrogens with one attached hydrogen (secondary N) is 2. The number of carbonyl (C=O) groups excluding carboxylic acids is 5. The maximum absolute atomic E-state index is 12.6. The SMILES string of the molecule is CCN1CCN(C(=O)Nc2ccccc2CC(=O)NC2(OC)CN(S(=O)(=O)O)C2=O)C(=O)C1=O. The molecule has 0 aliphatic carbocycles. The van der Waals surface area contributed by atoms with Crippen LogP contribution in [0.3, 0.4) is 0 Å². The van der Waals surface area contributed by atoms with Crippen molar-refractivity contribution in [1.29, 1.82) is 0 Å². The maximum Gasteiger partial charge on any atom is 0.362 e. The average Bonchev–Trinajstić information content (AvgIpc) is 2.78. The van der Waals surface area contributed by atoms with Gasteiger partial charge in [0.05, 0.1) is 13.0 Å². The van der Waals surface area contributed by atoms with Crippen molar-refractivity contribution < 1.29 is 41.7 Å². The third-order valence-electron chi connectivity index (χ3n) is 5.45. The first-order chi connectivity index (χ1) is 15.9. The summed E-state index contributed by atoms with van der Waals surface area (Å²) in [6.45, 7) is 1.64. The number of methoxy groups -OCH3 is 1. The van der Waals surface area contributed by atoms with Gasteiger partial charge in [-0.15, -0.1) is 0 Å². The summed E-state index contributed by atoms with van der Waals surface area (Å²) >= 11 is 0. The lowest BCUT2D eigenvalue weighted by atomic mass is 10.0. The Morgan fingerprint density at radius 3 is 2.41 bits per heavy atom. The van der Waals surface area contributed by atoms with Crippen LogP contribution < -0.4 is 10.6 Å². The van der Waals surface area contributed by atoms with Crippen molar-refractivity contribution in [3.05, 3.63) is 29.8 Å². The fourth-order valence-corrected chi connectivity index (χ4v) is 4.23. The molecule has 3 N–H and O–H groups in total. The number of urea groups is 1. The Labute approximate surface area is 194 Å². The monoisotopic (exact) mass is 497 g/mol. The Morgan fingerprint density at radius 1 is 1.15 bits per heavy atom. The standard InChI is InChI=1S/C19H23N5O9S/c1-3-22-8-9-23(16(27)15(22)26)18(29)20-13-7-5-4-6-12(13)10-14(25)21-19(33-2)11-24(17(19)28)34(30,31)32/h4-7H,3,8-11H2,1-2H3,(H,20,29)(H,21,25)(H,30,31,32). The molecule has 1 atom stereocenters. The number of piperazine rings is 1. The van der Waals surface area contributed by atoms with Crippen LogP contribution in [0.2, 0.25) is 0 Å². The van der Waals surface area contributed by atoms with Crippen LogP contribution in [0, 0.1) is 0 Å². The predicted octanol–water partition coefficient (Wildman–Crippen LogP) is -1.44. The lowest BCUT2D eigenvalue weighted by Crippen LogP contribution is -2.76. The van der Waals surface area contributed by atoms with Crippen molar-refractivity contribution in [2.75, 3.05) is 38.6 Å². The number of hydrogen-bond donors (Lipinski definition) is 3. The number of anilines is 1. The van der Waals surface area contributed by atoms with E-state index in [1.807, 2.05) is 0 Å². The van der Waals surface area contributed by atoms with Crippen molar-refractivity contribution in [1.82, 2.24) is 19.4 Å². The molecule has 6 amide bonds. The zero-order valence-electron chi connectivity index (χ0n) is 18.3. The molecule has 1 aromatic rings. The lowest BCUT2D eigenvalue weighted by Gasteiger charge is -2.44. The van der Waals surface area contributed by atoms with E-state index >= 15 is 0 Å². The molecule has 0 saturated carbocycles. The highest BCUT2D eigenvalue weighted by Gasteiger charge is 2.58. The van der Waals surface area contributed by atoms with Gasteiger partial charge in [0.2, 0.25) is 11.6 Å². The quantitative estimate of drug-likeness (QED) is 0.176. The third-order valence-corrected chi connectivity index (χ3v) is 6.30. The zero-order valence-corrected chi connectivity index (χ0v) is 19.1. The molecule has 2 aliphatic heterocycles. The van der Waals surface area contributed by atoms with Gasteiger partial charge in [0, 0.05) is 32.4 Å². The molecule has 34 heavy (non-hydrogen) atoms. The van der Waals surface area contributed by atoms with Crippen LogP contribution in [-0.2, 0) is 40.6 Å². The Morgan fingerprint density at radius 2 is 1.82 bits per heavy atom. The van der Waals surface area contributed by atoms with Gasteiger partial charge in [-0.2, -0.15) is 8.42 Å². The first kappa shape index (κ1) is 25.1. The van der Waals surface area contributed by atoms with E-state index < -0.39 is 52.2 Å². The van der Waals surface area contributed by atoms with E-state index in [2.05, 4.69) is 10.6 Å². The molecule has 184 valence electrons. The van der Waals surface area contributed by atoms with Crippen LogP contribution in [-0.4, -0.2) is 95.7 Å². The van der Waals surface area contributed by atoms with Crippen molar-refractivity contribution in [3.63, 3.8) is 0 Å². The van der Waals surface area contributed by atoms with E-state index in [-0.39, 0.29) is 29.5 Å². The normalized spacial score (nSPS) is 20.8. The summed E-state index contributed by atoms with van der Waals surface area (Å²) in [4.78, 5) is 63.8. The largest absolute Gasteiger partial charge is 0.362 e. The number of carbonyl (C=O) groups is 5. The predicted molar refractivity (Wildman–Crippen MR) is 114 cm³/mol. The lowest BCUT2D eigenvalue weighted by molar-refractivity contribution is -0.180. The van der Waals surface area contributed by atoms with Crippen LogP contribution in [0.15, 0.2) is 24.3 Å². The van der Waals surface area contributed by atoms with Crippen molar-refractivity contribution >= 4 is 45.7 Å². The third kappa shape index (κ3) is 4.71. The second kappa shape index (κ2) is 9.36. The molecule has 15 heteroatoms. The number of imide groups is 1. The number of benzene rings is 1. The second-order valence-corrected chi connectivity index (χ2v) is 8.81. The second-order valence-electron chi connectivity index (χ2n) is 7.47. The number of rotatable bonds is 7. The van der Waals surface area contributed by atoms with E-state index in [4.69, 9.17) is 9.29 Å². The highest BCUT2D eigenvalue weighted by molar-refractivity contribution is 7.84. The number of nitrogens with zero attached hydrogens (tertiary/aromatic N) is 3. The van der Waals surface area contributed by atoms with Crippen LogP contribution in [0.1, 0.15) is 12.5 Å². The Hall–Kier alpha value is -3.56. The van der Waals surface area contributed by atoms with E-state index in [1.54, 1.807) is 19.1 Å². The van der Waals surface area contributed by atoms with Gasteiger partial charge in [0.25, 0.3) is 5.91 Å². The number of amides is 6. The maximum atomic E-state index is 12.6. The molecular formula is C19H23N5O9S. The number of hydrogen-bond acceptors (Lipinski definition) is 8. The van der Waals surface area contributed by atoms with Crippen molar-refractivity contribution in [2.24, 2.45) is 0 Å².